The van der Waals surface area contributed by atoms with Crippen LogP contribution in [0.5, 0.6) is 0 Å². The Kier molecular flexibility index (Phi) is 4.70. The summed E-state index contributed by atoms with van der Waals surface area (Å²) in [5.41, 5.74) is 5.51. The van der Waals surface area contributed by atoms with Crippen LogP contribution >= 0.6 is 0 Å². The number of benzene rings is 1. The van der Waals surface area contributed by atoms with Crippen molar-refractivity contribution >= 4 is 29.3 Å². The van der Waals surface area contributed by atoms with Crippen molar-refractivity contribution in [2.45, 2.75) is 12.5 Å². The molecule has 3 N–H and O–H groups in total. The number of aliphatic carboxylic acids is 1. The molecule has 9 nitrogen and oxygen atoms in total. The maximum absolute atomic E-state index is 12.5. The molecule has 0 saturated carbocycles. The summed E-state index contributed by atoms with van der Waals surface area (Å²) >= 11 is 0. The van der Waals surface area contributed by atoms with Gasteiger partial charge in [0.1, 0.15) is 19.1 Å². The predicted octanol–water partition coefficient (Wildman–Crippen LogP) is 0.583. The average Bonchev–Trinajstić information content (AvgIpc) is 3.10. The second-order valence-corrected chi connectivity index (χ2v) is 5.78. The van der Waals surface area contributed by atoms with Crippen LogP contribution in [0, 0.1) is 0 Å². The third kappa shape index (κ3) is 3.40. The molecule has 138 valence electrons. The van der Waals surface area contributed by atoms with E-state index in [4.69, 9.17) is 15.3 Å². The Hall–Kier alpha value is -3.59. The van der Waals surface area contributed by atoms with E-state index in [1.807, 2.05) is 0 Å². The zero-order chi connectivity index (χ0) is 19.7. The fourth-order valence-electron chi connectivity index (χ4n) is 2.54. The standard InChI is InChI=1S/C18H13NO8/c19-11(18(24)25)7-26-14(21)6-12(20)13-5-10-15(22)8-3-1-2-4-9(8)16(23)17(10)27-13/h1-5,11H,6-7,19H2,(H,24,25)/t11-/m0/s1. The predicted molar refractivity (Wildman–Crippen MR) is 87.5 cm³/mol. The van der Waals surface area contributed by atoms with Gasteiger partial charge in [0.25, 0.3) is 0 Å². The topological polar surface area (TPSA) is 154 Å². The molecule has 0 bridgehead atoms. The Balaban J connectivity index is 1.75. The zero-order valence-corrected chi connectivity index (χ0v) is 13.8. The first kappa shape index (κ1) is 18.2. The highest BCUT2D eigenvalue weighted by Gasteiger charge is 2.34. The summed E-state index contributed by atoms with van der Waals surface area (Å²) in [4.78, 5) is 59.3. The van der Waals surface area contributed by atoms with Gasteiger partial charge in [-0.1, -0.05) is 24.3 Å². The van der Waals surface area contributed by atoms with Crippen LogP contribution in [-0.4, -0.2) is 47.0 Å². The molecule has 0 radical (unpaired) electrons. The molecule has 1 aliphatic carbocycles. The van der Waals surface area contributed by atoms with Crippen molar-refractivity contribution in [1.82, 2.24) is 0 Å². The average molecular weight is 371 g/mol. The van der Waals surface area contributed by atoms with Crippen molar-refractivity contribution in [3.8, 4) is 0 Å². The normalized spacial score (nSPS) is 13.5. The maximum atomic E-state index is 12.5. The largest absolute Gasteiger partial charge is 0.480 e. The summed E-state index contributed by atoms with van der Waals surface area (Å²) in [5, 5.41) is 8.61. The Morgan fingerprint density at radius 2 is 1.70 bits per heavy atom. The Bertz CT molecular complexity index is 934. The molecule has 0 saturated heterocycles. The summed E-state index contributed by atoms with van der Waals surface area (Å²) in [6.45, 7) is -0.595. The second kappa shape index (κ2) is 6.96. The number of hydrogen-bond acceptors (Lipinski definition) is 8. The minimum atomic E-state index is -1.41. The number of hydrogen-bond donors (Lipinski definition) is 2. The number of carboxylic acid groups (broad SMARTS) is 1. The number of Topliss-reactive ketones (excluding diaryl/α,β-unsaturated/α-hetero) is 1. The summed E-state index contributed by atoms with van der Waals surface area (Å²) in [6, 6.07) is 5.89. The van der Waals surface area contributed by atoms with Crippen LogP contribution in [0.3, 0.4) is 0 Å². The molecule has 1 atom stereocenters. The third-order valence-electron chi connectivity index (χ3n) is 3.92. The van der Waals surface area contributed by atoms with E-state index >= 15 is 0 Å². The first-order valence-corrected chi connectivity index (χ1v) is 7.79. The first-order valence-electron chi connectivity index (χ1n) is 7.79. The number of carbonyl (C=O) groups excluding carboxylic acids is 4. The second-order valence-electron chi connectivity index (χ2n) is 5.78. The molecule has 0 unspecified atom stereocenters. The Labute approximate surface area is 151 Å². The lowest BCUT2D eigenvalue weighted by molar-refractivity contribution is -0.147. The van der Waals surface area contributed by atoms with Crippen LogP contribution in [0.15, 0.2) is 34.7 Å². The number of furan rings is 1. The van der Waals surface area contributed by atoms with Gasteiger partial charge in [0.2, 0.25) is 11.6 Å². The molecular weight excluding hydrogens is 358 g/mol. The number of ketones is 3. The molecule has 1 heterocycles. The SMILES string of the molecule is N[C@@H](COC(=O)CC(=O)c1cc2c(o1)C(=O)c1ccccc1C2=O)C(=O)O. The minimum Gasteiger partial charge on any atom is -0.480 e. The van der Waals surface area contributed by atoms with Crippen LogP contribution in [0.2, 0.25) is 0 Å². The van der Waals surface area contributed by atoms with Gasteiger partial charge in [-0.2, -0.15) is 0 Å². The van der Waals surface area contributed by atoms with Gasteiger partial charge in [-0.15, -0.1) is 0 Å². The number of esters is 1. The van der Waals surface area contributed by atoms with Crippen LogP contribution in [0.4, 0.5) is 0 Å². The van der Waals surface area contributed by atoms with E-state index < -0.39 is 48.4 Å². The molecule has 0 spiro atoms. The van der Waals surface area contributed by atoms with Crippen molar-refractivity contribution < 1.29 is 38.2 Å². The Morgan fingerprint density at radius 3 is 2.33 bits per heavy atom. The monoisotopic (exact) mass is 371 g/mol. The van der Waals surface area contributed by atoms with Gasteiger partial charge < -0.3 is 20.0 Å². The van der Waals surface area contributed by atoms with Crippen molar-refractivity contribution in [3.63, 3.8) is 0 Å². The van der Waals surface area contributed by atoms with Crippen LogP contribution < -0.4 is 5.73 Å². The fourth-order valence-corrected chi connectivity index (χ4v) is 2.54. The highest BCUT2D eigenvalue weighted by Crippen LogP contribution is 2.30. The van der Waals surface area contributed by atoms with Gasteiger partial charge in [0.05, 0.1) is 5.56 Å². The molecule has 0 amide bonds. The van der Waals surface area contributed by atoms with Crippen LogP contribution in [-0.2, 0) is 14.3 Å². The lowest BCUT2D eigenvalue weighted by Gasteiger charge is -2.11. The Morgan fingerprint density at radius 1 is 1.07 bits per heavy atom. The number of rotatable bonds is 6. The van der Waals surface area contributed by atoms with E-state index in [2.05, 4.69) is 4.74 Å². The molecule has 9 heteroatoms. The summed E-state index contributed by atoms with van der Waals surface area (Å²) in [6.07, 6.45) is -0.756. The van der Waals surface area contributed by atoms with Gasteiger partial charge in [-0.25, -0.2) is 0 Å². The lowest BCUT2D eigenvalue weighted by atomic mass is 9.88. The molecule has 1 aliphatic rings. The van der Waals surface area contributed by atoms with E-state index in [9.17, 15) is 24.0 Å². The van der Waals surface area contributed by atoms with Gasteiger partial charge >= 0.3 is 11.9 Å². The van der Waals surface area contributed by atoms with E-state index in [1.165, 1.54) is 12.1 Å². The number of ether oxygens (including phenoxy) is 1. The maximum Gasteiger partial charge on any atom is 0.324 e. The molecule has 0 fully saturated rings. The molecule has 27 heavy (non-hydrogen) atoms. The molecule has 3 rings (SSSR count). The highest BCUT2D eigenvalue weighted by atomic mass is 16.5. The molecule has 1 aromatic carbocycles. The highest BCUT2D eigenvalue weighted by molar-refractivity contribution is 6.28. The van der Waals surface area contributed by atoms with Gasteiger partial charge in [-0.3, -0.25) is 24.0 Å². The summed E-state index contributed by atoms with van der Waals surface area (Å²) in [5.74, 6) is -4.77. The number of nitrogens with two attached hydrogens (primary N) is 1. The molecule has 1 aromatic heterocycles. The van der Waals surface area contributed by atoms with E-state index in [0.717, 1.165) is 6.07 Å². The smallest absolute Gasteiger partial charge is 0.324 e. The van der Waals surface area contributed by atoms with E-state index in [-0.39, 0.29) is 28.2 Å². The van der Waals surface area contributed by atoms with Crippen molar-refractivity contribution in [2.24, 2.45) is 5.73 Å². The fraction of sp³-hybridized carbons (Fsp3) is 0.167. The van der Waals surface area contributed by atoms with Gasteiger partial charge in [-0.05, 0) is 6.07 Å². The summed E-state index contributed by atoms with van der Waals surface area (Å²) in [7, 11) is 0. The first-order chi connectivity index (χ1) is 12.8. The number of carbonyl (C=O) groups is 5. The zero-order valence-electron chi connectivity index (χ0n) is 13.8. The van der Waals surface area contributed by atoms with Crippen molar-refractivity contribution in [2.75, 3.05) is 6.61 Å². The van der Waals surface area contributed by atoms with Crippen molar-refractivity contribution in [1.29, 1.82) is 0 Å². The molecule has 2 aromatic rings. The van der Waals surface area contributed by atoms with Crippen LogP contribution in [0.1, 0.15) is 49.0 Å². The third-order valence-corrected chi connectivity index (χ3v) is 3.92. The number of carboxylic acids is 1. The van der Waals surface area contributed by atoms with Gasteiger partial charge in [0.15, 0.2) is 17.3 Å². The lowest BCUT2D eigenvalue weighted by Crippen LogP contribution is -2.35. The van der Waals surface area contributed by atoms with Crippen LogP contribution in [0.25, 0.3) is 0 Å². The number of fused-ring (bicyclic) bond motifs is 2. The summed E-state index contributed by atoms with van der Waals surface area (Å²) < 4.78 is 9.84. The van der Waals surface area contributed by atoms with E-state index in [0.29, 0.717) is 0 Å². The molecular formula is C18H13NO8. The minimum absolute atomic E-state index is 0.0525. The van der Waals surface area contributed by atoms with E-state index in [1.54, 1.807) is 12.1 Å². The van der Waals surface area contributed by atoms with Crippen molar-refractivity contribution in [3.05, 3.63) is 58.5 Å². The quantitative estimate of drug-likeness (QED) is 0.360. The van der Waals surface area contributed by atoms with Gasteiger partial charge in [0, 0.05) is 11.1 Å². The molecule has 0 aliphatic heterocycles.